The third-order valence-corrected chi connectivity index (χ3v) is 3.52. The first kappa shape index (κ1) is 16.1. The summed E-state index contributed by atoms with van der Waals surface area (Å²) in [5.41, 5.74) is 0.442. The maximum atomic E-state index is 12.9. The summed E-state index contributed by atoms with van der Waals surface area (Å²) < 4.78 is 12.9. The van der Waals surface area contributed by atoms with E-state index < -0.39 is 5.82 Å². The van der Waals surface area contributed by atoms with Crippen LogP contribution in [0.3, 0.4) is 0 Å². The molecule has 2 amide bonds. The van der Waals surface area contributed by atoms with Crippen molar-refractivity contribution in [3.63, 3.8) is 0 Å². The summed E-state index contributed by atoms with van der Waals surface area (Å²) >= 11 is 7.26. The number of amides is 2. The number of urea groups is 1. The summed E-state index contributed by atoms with van der Waals surface area (Å²) in [6.45, 7) is 0.711. The number of anilines is 1. The van der Waals surface area contributed by atoms with Gasteiger partial charge in [-0.15, -0.1) is 0 Å². The van der Waals surface area contributed by atoms with Crippen molar-refractivity contribution in [1.29, 1.82) is 0 Å². The van der Waals surface area contributed by atoms with Crippen LogP contribution in [0.15, 0.2) is 18.2 Å². The van der Waals surface area contributed by atoms with E-state index in [2.05, 4.69) is 10.6 Å². The number of carbonyl (C=O) groups excluding carboxylic acids is 1. The van der Waals surface area contributed by atoms with Crippen LogP contribution in [0.4, 0.5) is 14.9 Å². The molecule has 0 atom stereocenters. The highest BCUT2D eigenvalue weighted by Crippen LogP contribution is 2.19. The molecule has 4 nitrogen and oxygen atoms in total. The second-order valence-corrected chi connectivity index (χ2v) is 5.33. The SMILES string of the molecule is O=C(NCCSCCCO)Nc1ccc(F)c(Cl)c1. The monoisotopic (exact) mass is 306 g/mol. The zero-order chi connectivity index (χ0) is 14.1. The van der Waals surface area contributed by atoms with Gasteiger partial charge >= 0.3 is 6.03 Å². The van der Waals surface area contributed by atoms with Crippen molar-refractivity contribution >= 4 is 35.1 Å². The summed E-state index contributed by atoms with van der Waals surface area (Å²) in [6.07, 6.45) is 0.755. The molecule has 0 radical (unpaired) electrons. The van der Waals surface area contributed by atoms with Gasteiger partial charge in [0.2, 0.25) is 0 Å². The minimum Gasteiger partial charge on any atom is -0.396 e. The number of hydrogen-bond donors (Lipinski definition) is 3. The van der Waals surface area contributed by atoms with Crippen LogP contribution in [0.25, 0.3) is 0 Å². The highest BCUT2D eigenvalue weighted by molar-refractivity contribution is 7.99. The van der Waals surface area contributed by atoms with Crippen LogP contribution in [0.1, 0.15) is 6.42 Å². The fourth-order valence-corrected chi connectivity index (χ4v) is 2.22. The van der Waals surface area contributed by atoms with Crippen molar-refractivity contribution in [3.05, 3.63) is 29.0 Å². The lowest BCUT2D eigenvalue weighted by atomic mass is 10.3. The predicted molar refractivity (Wildman–Crippen MR) is 77.5 cm³/mol. The molecular formula is C12H16ClFN2O2S. The Morgan fingerprint density at radius 2 is 2.21 bits per heavy atom. The molecule has 1 rings (SSSR count). The third kappa shape index (κ3) is 6.66. The van der Waals surface area contributed by atoms with E-state index in [-0.39, 0.29) is 17.7 Å². The van der Waals surface area contributed by atoms with Crippen LogP contribution in [0, 0.1) is 5.82 Å². The summed E-state index contributed by atoms with van der Waals surface area (Å²) in [4.78, 5) is 11.5. The number of carbonyl (C=O) groups is 1. The molecule has 1 aromatic rings. The Bertz CT molecular complexity index is 421. The Morgan fingerprint density at radius 1 is 1.42 bits per heavy atom. The summed E-state index contributed by atoms with van der Waals surface area (Å²) in [6, 6.07) is 3.64. The number of halogens is 2. The first-order valence-corrected chi connectivity index (χ1v) is 7.35. The zero-order valence-electron chi connectivity index (χ0n) is 10.3. The molecule has 0 saturated heterocycles. The number of rotatable bonds is 7. The lowest BCUT2D eigenvalue weighted by molar-refractivity contribution is 0.252. The molecule has 0 spiro atoms. The quantitative estimate of drug-likeness (QED) is 0.679. The lowest BCUT2D eigenvalue weighted by Gasteiger charge is -2.08. The lowest BCUT2D eigenvalue weighted by Crippen LogP contribution is -2.30. The maximum absolute atomic E-state index is 12.9. The molecule has 7 heteroatoms. The van der Waals surface area contributed by atoms with Gasteiger partial charge in [0.1, 0.15) is 5.82 Å². The van der Waals surface area contributed by atoms with Crippen molar-refractivity contribution in [1.82, 2.24) is 5.32 Å². The second-order valence-electron chi connectivity index (χ2n) is 3.70. The maximum Gasteiger partial charge on any atom is 0.319 e. The molecule has 0 bridgehead atoms. The van der Waals surface area contributed by atoms with Gasteiger partial charge in [0, 0.05) is 24.6 Å². The highest BCUT2D eigenvalue weighted by atomic mass is 35.5. The average Bonchev–Trinajstić information content (AvgIpc) is 2.38. The van der Waals surface area contributed by atoms with Gasteiger partial charge in [0.15, 0.2) is 0 Å². The molecule has 0 unspecified atom stereocenters. The van der Waals surface area contributed by atoms with E-state index in [0.717, 1.165) is 17.9 Å². The smallest absolute Gasteiger partial charge is 0.319 e. The van der Waals surface area contributed by atoms with Gasteiger partial charge < -0.3 is 15.7 Å². The molecule has 0 aromatic heterocycles. The van der Waals surface area contributed by atoms with Gasteiger partial charge in [-0.2, -0.15) is 11.8 Å². The van der Waals surface area contributed by atoms with E-state index in [1.54, 1.807) is 11.8 Å². The Balaban J connectivity index is 2.21. The number of thioether (sulfide) groups is 1. The molecule has 106 valence electrons. The van der Waals surface area contributed by atoms with Crippen molar-refractivity contribution in [2.24, 2.45) is 0 Å². The van der Waals surface area contributed by atoms with Crippen LogP contribution in [-0.4, -0.2) is 35.8 Å². The molecule has 0 aliphatic rings. The number of aliphatic hydroxyl groups is 1. The predicted octanol–water partition coefficient (Wildman–Crippen LogP) is 2.72. The standard InChI is InChI=1S/C12H16ClFN2O2S/c13-10-8-9(2-3-11(10)14)16-12(18)15-4-7-19-6-1-5-17/h2-3,8,17H,1,4-7H2,(H2,15,16,18). The number of benzene rings is 1. The molecule has 0 aliphatic carbocycles. The highest BCUT2D eigenvalue weighted by Gasteiger charge is 2.04. The van der Waals surface area contributed by atoms with Gasteiger partial charge in [-0.3, -0.25) is 0 Å². The third-order valence-electron chi connectivity index (χ3n) is 2.16. The summed E-state index contributed by atoms with van der Waals surface area (Å²) in [5, 5.41) is 13.8. The molecule has 0 heterocycles. The fraction of sp³-hybridized carbons (Fsp3) is 0.417. The minimum absolute atomic E-state index is 0.0302. The molecule has 0 aliphatic heterocycles. The van der Waals surface area contributed by atoms with E-state index in [9.17, 15) is 9.18 Å². The van der Waals surface area contributed by atoms with E-state index in [4.69, 9.17) is 16.7 Å². The number of hydrogen-bond acceptors (Lipinski definition) is 3. The van der Waals surface area contributed by atoms with E-state index in [0.29, 0.717) is 12.2 Å². The average molecular weight is 307 g/mol. The van der Waals surface area contributed by atoms with Crippen LogP contribution >= 0.6 is 23.4 Å². The van der Waals surface area contributed by atoms with Crippen molar-refractivity contribution in [3.8, 4) is 0 Å². The van der Waals surface area contributed by atoms with Crippen molar-refractivity contribution < 1.29 is 14.3 Å². The molecule has 1 aromatic carbocycles. The second kappa shape index (κ2) is 9.01. The van der Waals surface area contributed by atoms with Gasteiger partial charge in [-0.05, 0) is 30.4 Å². The minimum atomic E-state index is -0.520. The first-order valence-electron chi connectivity index (χ1n) is 5.82. The Kier molecular flexibility index (Phi) is 7.62. The normalized spacial score (nSPS) is 10.3. The van der Waals surface area contributed by atoms with Crippen LogP contribution in [0.2, 0.25) is 5.02 Å². The van der Waals surface area contributed by atoms with E-state index in [1.165, 1.54) is 18.2 Å². The van der Waals surface area contributed by atoms with Crippen molar-refractivity contribution in [2.45, 2.75) is 6.42 Å². The summed E-state index contributed by atoms with van der Waals surface area (Å²) in [7, 11) is 0. The Labute approximate surface area is 120 Å². The van der Waals surface area contributed by atoms with Gasteiger partial charge in [0.05, 0.1) is 5.02 Å². The Morgan fingerprint density at radius 3 is 2.89 bits per heavy atom. The number of aliphatic hydroxyl groups excluding tert-OH is 1. The topological polar surface area (TPSA) is 61.4 Å². The zero-order valence-corrected chi connectivity index (χ0v) is 11.9. The Hall–Kier alpha value is -0.980. The van der Waals surface area contributed by atoms with Crippen LogP contribution < -0.4 is 10.6 Å². The molecule has 0 fully saturated rings. The van der Waals surface area contributed by atoms with Gasteiger partial charge in [-0.25, -0.2) is 9.18 Å². The summed E-state index contributed by atoms with van der Waals surface area (Å²) in [5.74, 6) is 1.12. The van der Waals surface area contributed by atoms with E-state index in [1.807, 2.05) is 0 Å². The fourth-order valence-electron chi connectivity index (χ4n) is 1.25. The van der Waals surface area contributed by atoms with Gasteiger partial charge in [0.25, 0.3) is 0 Å². The molecular weight excluding hydrogens is 291 g/mol. The van der Waals surface area contributed by atoms with Crippen molar-refractivity contribution in [2.75, 3.05) is 30.0 Å². The first-order chi connectivity index (χ1) is 9.13. The van der Waals surface area contributed by atoms with Gasteiger partial charge in [-0.1, -0.05) is 11.6 Å². The number of nitrogens with one attached hydrogen (secondary N) is 2. The van der Waals surface area contributed by atoms with E-state index >= 15 is 0 Å². The molecule has 0 saturated carbocycles. The largest absolute Gasteiger partial charge is 0.396 e. The van der Waals surface area contributed by atoms with Crippen LogP contribution in [0.5, 0.6) is 0 Å². The molecule has 3 N–H and O–H groups in total. The molecule has 19 heavy (non-hydrogen) atoms. The van der Waals surface area contributed by atoms with Crippen LogP contribution in [-0.2, 0) is 0 Å².